The van der Waals surface area contributed by atoms with E-state index in [1.807, 2.05) is 0 Å². The van der Waals surface area contributed by atoms with E-state index in [2.05, 4.69) is 10.6 Å². The van der Waals surface area contributed by atoms with E-state index in [-0.39, 0.29) is 35.9 Å². The van der Waals surface area contributed by atoms with E-state index in [0.29, 0.717) is 31.4 Å². The number of amidine groups is 1. The summed E-state index contributed by atoms with van der Waals surface area (Å²) in [6, 6.07) is -0.364. The first-order chi connectivity index (χ1) is 11.7. The molecule has 0 saturated carbocycles. The molecule has 0 radical (unpaired) electrons. The number of hydrogen-bond donors (Lipinski definition) is 5. The predicted octanol–water partition coefficient (Wildman–Crippen LogP) is -0.657. The van der Waals surface area contributed by atoms with Gasteiger partial charge in [0.15, 0.2) is 0 Å². The first-order valence-corrected chi connectivity index (χ1v) is 9.21. The molecule has 3 rings (SSSR count). The largest absolute Gasteiger partial charge is 0.333 e. The third-order valence-electron chi connectivity index (χ3n) is 4.75. The Morgan fingerprint density at radius 3 is 2.76 bits per heavy atom. The summed E-state index contributed by atoms with van der Waals surface area (Å²) in [4.78, 5) is 39.7. The smallest absolute Gasteiger partial charge is 0.332 e. The van der Waals surface area contributed by atoms with Gasteiger partial charge in [-0.15, -0.1) is 5.06 Å². The van der Waals surface area contributed by atoms with Crippen LogP contribution in [0.1, 0.15) is 38.5 Å². The van der Waals surface area contributed by atoms with Crippen molar-refractivity contribution in [2.24, 2.45) is 11.5 Å². The Morgan fingerprint density at radius 1 is 1.32 bits per heavy atom. The van der Waals surface area contributed by atoms with Crippen LogP contribution < -0.4 is 22.1 Å². The number of nitrogens with two attached hydrogens (primary N) is 2. The predicted molar refractivity (Wildman–Crippen MR) is 90.1 cm³/mol. The summed E-state index contributed by atoms with van der Waals surface area (Å²) < 4.78 is 0. The second-order valence-corrected chi connectivity index (χ2v) is 7.75. The van der Waals surface area contributed by atoms with E-state index in [4.69, 9.17) is 21.7 Å². The molecule has 3 saturated heterocycles. The lowest BCUT2D eigenvalue weighted by molar-refractivity contribution is -0.180. The van der Waals surface area contributed by atoms with E-state index >= 15 is 0 Å². The Labute approximate surface area is 148 Å². The Hall–Kier alpha value is -1.85. The molecule has 0 aromatic heterocycles. The molecule has 25 heavy (non-hydrogen) atoms. The maximum Gasteiger partial charge on any atom is 0.333 e. The fourth-order valence-electron chi connectivity index (χ4n) is 3.27. The van der Waals surface area contributed by atoms with Gasteiger partial charge in [0.05, 0.1) is 0 Å². The van der Waals surface area contributed by atoms with E-state index in [0.717, 1.165) is 5.06 Å². The number of hydrogen-bond acceptors (Lipinski definition) is 8. The number of nitrogens with one attached hydrogen (secondary N) is 3. The maximum atomic E-state index is 11.8. The highest BCUT2D eigenvalue weighted by atomic mass is 32.2. The van der Waals surface area contributed by atoms with Crippen molar-refractivity contribution in [1.29, 1.82) is 5.41 Å². The van der Waals surface area contributed by atoms with Crippen LogP contribution >= 0.6 is 11.8 Å². The first kappa shape index (κ1) is 18.0. The van der Waals surface area contributed by atoms with E-state index in [9.17, 15) is 14.4 Å². The van der Waals surface area contributed by atoms with E-state index in [1.165, 1.54) is 0 Å². The van der Waals surface area contributed by atoms with Crippen molar-refractivity contribution in [3.8, 4) is 0 Å². The Kier molecular flexibility index (Phi) is 4.64. The monoisotopic (exact) mass is 370 g/mol. The third kappa shape index (κ3) is 3.18. The van der Waals surface area contributed by atoms with Crippen molar-refractivity contribution < 1.29 is 19.2 Å². The Balaban J connectivity index is 1.42. The molecule has 0 spiro atoms. The Bertz CT molecular complexity index is 614. The number of carbonyl (C=O) groups excluding carboxylic acids is 3. The second-order valence-electron chi connectivity index (χ2n) is 6.56. The summed E-state index contributed by atoms with van der Waals surface area (Å²) >= 11 is 1.60. The van der Waals surface area contributed by atoms with Gasteiger partial charge in [-0.3, -0.25) is 10.2 Å². The Morgan fingerprint density at radius 2 is 2.08 bits per heavy atom. The molecule has 11 heteroatoms. The fourth-order valence-corrected chi connectivity index (χ4v) is 4.91. The average Bonchev–Trinajstić information content (AvgIpc) is 3.05. The van der Waals surface area contributed by atoms with Crippen molar-refractivity contribution >= 4 is 35.5 Å². The number of carbonyl (C=O) groups is 3. The molecule has 7 N–H and O–H groups in total. The lowest BCUT2D eigenvalue weighted by Crippen LogP contribution is -2.72. The summed E-state index contributed by atoms with van der Waals surface area (Å²) in [7, 11) is 0. The topological polar surface area (TPSA) is 164 Å². The zero-order valence-corrected chi connectivity index (χ0v) is 14.5. The zero-order chi connectivity index (χ0) is 18.2. The number of thioether (sulfide) groups is 1. The zero-order valence-electron chi connectivity index (χ0n) is 13.7. The van der Waals surface area contributed by atoms with Gasteiger partial charge in [-0.1, -0.05) is 6.42 Å². The summed E-state index contributed by atoms with van der Waals surface area (Å²) in [6.07, 6.45) is 2.58. The van der Waals surface area contributed by atoms with Crippen LogP contribution in [-0.2, 0) is 14.4 Å². The first-order valence-electron chi connectivity index (χ1n) is 8.16. The van der Waals surface area contributed by atoms with Gasteiger partial charge in [0.1, 0.15) is 17.2 Å². The number of hydroxylamine groups is 2. The van der Waals surface area contributed by atoms with E-state index in [1.54, 1.807) is 11.8 Å². The van der Waals surface area contributed by atoms with Gasteiger partial charge >= 0.3 is 12.0 Å². The molecular formula is C14H22N6O4S. The van der Waals surface area contributed by atoms with Gasteiger partial charge in [-0.25, -0.2) is 9.59 Å². The van der Waals surface area contributed by atoms with E-state index < -0.39 is 17.3 Å². The van der Waals surface area contributed by atoms with Gasteiger partial charge in [0, 0.05) is 30.3 Å². The van der Waals surface area contributed by atoms with Crippen molar-refractivity contribution in [2.45, 2.75) is 55.1 Å². The summed E-state index contributed by atoms with van der Waals surface area (Å²) in [6.45, 7) is 0. The van der Waals surface area contributed by atoms with Crippen LogP contribution in [0.5, 0.6) is 0 Å². The highest BCUT2D eigenvalue weighted by Crippen LogP contribution is 2.42. The van der Waals surface area contributed by atoms with Gasteiger partial charge in [0.25, 0.3) is 5.91 Å². The molecule has 0 bridgehead atoms. The van der Waals surface area contributed by atoms with Gasteiger partial charge < -0.3 is 26.9 Å². The van der Waals surface area contributed by atoms with Crippen molar-refractivity contribution in [1.82, 2.24) is 15.7 Å². The molecule has 3 aliphatic heterocycles. The third-order valence-corrected chi connectivity index (χ3v) is 6.38. The molecule has 0 unspecified atom stereocenters. The highest BCUT2D eigenvalue weighted by molar-refractivity contribution is 8.00. The van der Waals surface area contributed by atoms with Crippen LogP contribution in [0.15, 0.2) is 0 Å². The minimum Gasteiger partial charge on any atom is -0.332 e. The van der Waals surface area contributed by atoms with Crippen LogP contribution in [0.4, 0.5) is 4.79 Å². The molecule has 0 aromatic carbocycles. The number of nitrogens with zero attached hydrogens (tertiary/aromatic N) is 1. The normalized spacial score (nSPS) is 34.1. The van der Waals surface area contributed by atoms with Crippen molar-refractivity contribution in [3.05, 3.63) is 0 Å². The van der Waals surface area contributed by atoms with Gasteiger partial charge in [0.2, 0.25) is 0 Å². The van der Waals surface area contributed by atoms with Crippen molar-refractivity contribution in [3.63, 3.8) is 0 Å². The van der Waals surface area contributed by atoms with Crippen molar-refractivity contribution in [2.75, 3.05) is 5.75 Å². The molecule has 10 nitrogen and oxygen atoms in total. The SMILES string of the molecule is N=C1CCC(=O)N1OC(=O)CCCC[C@@H]1SC[C@]2(N)NC(=O)N[C@]12N. The molecule has 3 amide bonds. The number of unbranched alkanes of at least 4 members (excludes halogenated alkanes) is 1. The molecular weight excluding hydrogens is 348 g/mol. The molecule has 0 aliphatic carbocycles. The van der Waals surface area contributed by atoms with Crippen LogP contribution in [0.2, 0.25) is 0 Å². The number of fused-ring (bicyclic) bond motifs is 1. The second kappa shape index (κ2) is 6.46. The highest BCUT2D eigenvalue weighted by Gasteiger charge is 2.62. The quantitative estimate of drug-likeness (QED) is 0.306. The maximum absolute atomic E-state index is 11.8. The number of amides is 3. The van der Waals surface area contributed by atoms with Gasteiger partial charge in [-0.05, 0) is 12.8 Å². The molecule has 3 atom stereocenters. The minimum atomic E-state index is -1.01. The van der Waals surface area contributed by atoms with Gasteiger partial charge in [-0.2, -0.15) is 11.8 Å². The lowest BCUT2D eigenvalue weighted by Gasteiger charge is -2.35. The fraction of sp³-hybridized carbons (Fsp3) is 0.714. The molecule has 138 valence electrons. The standard InChI is InChI=1S/C14H22N6O4S/c15-9-5-6-10(21)20(9)24-11(22)4-2-1-3-8-14(17)13(16,7-25-8)18-12(23)19-14/h8,15H,1-7,16-17H2,(H2,18,19,23)/t8-,13-,14+/m0/s1. The lowest BCUT2D eigenvalue weighted by atomic mass is 9.91. The molecule has 3 heterocycles. The average molecular weight is 370 g/mol. The van der Waals surface area contributed by atoms with Crippen LogP contribution in [0.25, 0.3) is 0 Å². The van der Waals surface area contributed by atoms with Crippen LogP contribution in [0.3, 0.4) is 0 Å². The van der Waals surface area contributed by atoms with Crippen LogP contribution in [0, 0.1) is 5.41 Å². The van der Waals surface area contributed by atoms with Crippen LogP contribution in [-0.4, -0.2) is 51.1 Å². The summed E-state index contributed by atoms with van der Waals surface area (Å²) in [5, 5.41) is 13.6. The number of urea groups is 1. The summed E-state index contributed by atoms with van der Waals surface area (Å²) in [5.74, 6) is -0.372. The minimum absolute atomic E-state index is 0.00883. The molecule has 3 aliphatic rings. The number of rotatable bonds is 6. The molecule has 0 aromatic rings. The summed E-state index contributed by atoms with van der Waals surface area (Å²) in [5.41, 5.74) is 10.5. The molecule has 3 fully saturated rings.